The Morgan fingerprint density at radius 1 is 1.37 bits per heavy atom. The van der Waals surface area contributed by atoms with Crippen molar-refractivity contribution < 1.29 is 18.3 Å². The molecule has 0 amide bonds. The van der Waals surface area contributed by atoms with Gasteiger partial charge < -0.3 is 4.74 Å². The number of ether oxygens (including phenoxy) is 1. The molecule has 0 spiro atoms. The van der Waals surface area contributed by atoms with Crippen LogP contribution in [0.5, 0.6) is 0 Å². The summed E-state index contributed by atoms with van der Waals surface area (Å²) in [6.07, 6.45) is 2.70. The molecule has 0 radical (unpaired) electrons. The average molecular weight is 266 g/mol. The maximum Gasteiger partial charge on any atom is 0.343 e. The summed E-state index contributed by atoms with van der Waals surface area (Å²) in [5.41, 5.74) is -0.237. The number of methoxy groups -OCH3 is 1. The fourth-order valence-electron chi connectivity index (χ4n) is 1.44. The lowest BCUT2D eigenvalue weighted by molar-refractivity contribution is 0.0590. The van der Waals surface area contributed by atoms with Gasteiger partial charge in [-0.3, -0.25) is 4.99 Å². The van der Waals surface area contributed by atoms with E-state index in [1.165, 1.54) is 0 Å². The van der Waals surface area contributed by atoms with E-state index in [2.05, 4.69) is 21.4 Å². The summed E-state index contributed by atoms with van der Waals surface area (Å²) in [7, 11) is 1.05. The molecule has 1 aromatic carbocycles. The van der Waals surface area contributed by atoms with Crippen LogP contribution in [-0.2, 0) is 4.74 Å². The Morgan fingerprint density at radius 3 is 2.37 bits per heavy atom. The minimum atomic E-state index is -1.07. The summed E-state index contributed by atoms with van der Waals surface area (Å²) in [5.74, 6) is -3.09. The fraction of sp³-hybridized carbons (Fsp3) is 0.154. The highest BCUT2D eigenvalue weighted by Gasteiger charge is 2.19. The first-order chi connectivity index (χ1) is 9.04. The third-order valence-electron chi connectivity index (χ3n) is 2.28. The Kier molecular flexibility index (Phi) is 5.05. The van der Waals surface area contributed by atoms with Gasteiger partial charge >= 0.3 is 5.97 Å². The summed E-state index contributed by atoms with van der Waals surface area (Å²) in [6.45, 7) is 4.86. The van der Waals surface area contributed by atoms with E-state index in [4.69, 9.17) is 0 Å². The number of aliphatic imine (C=N–C) groups is 2. The molecule has 0 fully saturated rings. The van der Waals surface area contributed by atoms with Crippen LogP contribution in [0.2, 0.25) is 0 Å². The molecule has 0 heterocycles. The van der Waals surface area contributed by atoms with Crippen LogP contribution in [0.4, 0.5) is 8.78 Å². The van der Waals surface area contributed by atoms with E-state index in [0.717, 1.165) is 25.6 Å². The third kappa shape index (κ3) is 3.31. The molecule has 0 saturated carbocycles. The number of rotatable bonds is 4. The zero-order valence-corrected chi connectivity index (χ0v) is 10.5. The van der Waals surface area contributed by atoms with Crippen LogP contribution in [0, 0.1) is 11.6 Å². The van der Waals surface area contributed by atoms with E-state index in [1.807, 2.05) is 0 Å². The molecular formula is C13H12F2N2O2. The van der Waals surface area contributed by atoms with Gasteiger partial charge in [0, 0.05) is 5.56 Å². The van der Waals surface area contributed by atoms with Gasteiger partial charge in [-0.15, -0.1) is 0 Å². The predicted molar refractivity (Wildman–Crippen MR) is 69.4 cm³/mol. The normalized spacial score (nSPS) is 11.7. The van der Waals surface area contributed by atoms with Gasteiger partial charge in [-0.1, -0.05) is 6.08 Å². The molecule has 0 aliphatic rings. The van der Waals surface area contributed by atoms with Crippen LogP contribution >= 0.6 is 0 Å². The number of esters is 1. The highest BCUT2D eigenvalue weighted by Crippen LogP contribution is 2.22. The smallest absolute Gasteiger partial charge is 0.343 e. The second kappa shape index (κ2) is 6.53. The largest absolute Gasteiger partial charge is 0.465 e. The molecule has 0 N–H and O–H groups in total. The molecule has 0 bridgehead atoms. The molecule has 0 aliphatic carbocycles. The van der Waals surface area contributed by atoms with E-state index >= 15 is 0 Å². The minimum absolute atomic E-state index is 0.185. The van der Waals surface area contributed by atoms with Gasteiger partial charge in [0.1, 0.15) is 23.5 Å². The fourth-order valence-corrected chi connectivity index (χ4v) is 1.44. The lowest BCUT2D eigenvalue weighted by Crippen LogP contribution is -2.08. The van der Waals surface area contributed by atoms with Crippen LogP contribution in [0.1, 0.15) is 22.8 Å². The number of benzene rings is 1. The van der Waals surface area contributed by atoms with Crippen LogP contribution in [0.25, 0.3) is 5.70 Å². The van der Waals surface area contributed by atoms with Crippen molar-refractivity contribution in [1.29, 1.82) is 0 Å². The molecule has 4 nitrogen and oxygen atoms in total. The Hall–Kier alpha value is -2.37. The van der Waals surface area contributed by atoms with Crippen LogP contribution < -0.4 is 0 Å². The zero-order chi connectivity index (χ0) is 14.4. The standard InChI is InChI=1S/C13H12F2N2O2/c1-4-11(17-7-16-2)8-5-9(14)12(10(15)6-8)13(18)19-3/h4-7H,2H2,1,3H3/b11-4-,17-7?. The quantitative estimate of drug-likeness (QED) is 0.478. The number of carbonyl (C=O) groups excluding carboxylic acids is 1. The summed E-state index contributed by atoms with van der Waals surface area (Å²) < 4.78 is 31.7. The van der Waals surface area contributed by atoms with Crippen LogP contribution in [0.3, 0.4) is 0 Å². The molecule has 1 rings (SSSR count). The predicted octanol–water partition coefficient (Wildman–Crippen LogP) is 2.84. The van der Waals surface area contributed by atoms with Crippen molar-refractivity contribution in [2.45, 2.75) is 6.92 Å². The maximum absolute atomic E-state index is 13.7. The Morgan fingerprint density at radius 2 is 1.95 bits per heavy atom. The number of hydrogen-bond acceptors (Lipinski definition) is 3. The second-order valence-corrected chi connectivity index (χ2v) is 3.41. The number of allylic oxidation sites excluding steroid dienone is 1. The molecule has 0 aliphatic heterocycles. The van der Waals surface area contributed by atoms with E-state index in [1.54, 1.807) is 13.0 Å². The molecule has 100 valence electrons. The lowest BCUT2D eigenvalue weighted by atomic mass is 10.1. The van der Waals surface area contributed by atoms with Crippen LogP contribution in [-0.4, -0.2) is 26.1 Å². The van der Waals surface area contributed by atoms with E-state index in [0.29, 0.717) is 5.70 Å². The highest BCUT2D eigenvalue weighted by molar-refractivity contribution is 5.90. The van der Waals surface area contributed by atoms with Crippen molar-refractivity contribution >= 4 is 24.7 Å². The van der Waals surface area contributed by atoms with Gasteiger partial charge in [0.2, 0.25) is 0 Å². The third-order valence-corrected chi connectivity index (χ3v) is 2.28. The molecule has 6 heteroatoms. The van der Waals surface area contributed by atoms with E-state index < -0.39 is 23.2 Å². The summed E-state index contributed by atoms with van der Waals surface area (Å²) in [5, 5.41) is 0. The number of carbonyl (C=O) groups is 1. The van der Waals surface area contributed by atoms with Crippen molar-refractivity contribution in [3.63, 3.8) is 0 Å². The van der Waals surface area contributed by atoms with Gasteiger partial charge in [0.25, 0.3) is 0 Å². The lowest BCUT2D eigenvalue weighted by Gasteiger charge is -2.06. The van der Waals surface area contributed by atoms with Gasteiger partial charge in [-0.2, -0.15) is 0 Å². The topological polar surface area (TPSA) is 51.0 Å². The molecule has 0 atom stereocenters. The Balaban J connectivity index is 3.31. The van der Waals surface area contributed by atoms with Gasteiger partial charge in [-0.05, 0) is 25.8 Å². The summed E-state index contributed by atoms with van der Waals surface area (Å²) >= 11 is 0. The SMILES string of the molecule is C=NC=N/C(=C\C)c1cc(F)c(C(=O)OC)c(F)c1. The van der Waals surface area contributed by atoms with Crippen molar-refractivity contribution in [2.24, 2.45) is 9.98 Å². The maximum atomic E-state index is 13.7. The number of hydrogen-bond donors (Lipinski definition) is 0. The molecular weight excluding hydrogens is 254 g/mol. The molecule has 0 saturated heterocycles. The zero-order valence-electron chi connectivity index (χ0n) is 10.5. The average Bonchev–Trinajstić information content (AvgIpc) is 2.38. The van der Waals surface area contributed by atoms with Gasteiger partial charge in [0.15, 0.2) is 0 Å². The number of halogens is 2. The monoisotopic (exact) mass is 266 g/mol. The first-order valence-corrected chi connectivity index (χ1v) is 5.27. The molecule has 1 aromatic rings. The van der Waals surface area contributed by atoms with E-state index in [-0.39, 0.29) is 5.56 Å². The number of nitrogens with zero attached hydrogens (tertiary/aromatic N) is 2. The van der Waals surface area contributed by atoms with Crippen molar-refractivity contribution in [1.82, 2.24) is 0 Å². The molecule has 0 aromatic heterocycles. The van der Waals surface area contributed by atoms with Gasteiger partial charge in [-0.25, -0.2) is 18.6 Å². The van der Waals surface area contributed by atoms with Crippen LogP contribution in [0.15, 0.2) is 28.2 Å². The van der Waals surface area contributed by atoms with Crippen molar-refractivity contribution in [2.75, 3.05) is 7.11 Å². The second-order valence-electron chi connectivity index (χ2n) is 3.41. The summed E-state index contributed by atoms with van der Waals surface area (Å²) in [4.78, 5) is 18.5. The van der Waals surface area contributed by atoms with Gasteiger partial charge in [0.05, 0.1) is 12.8 Å². The van der Waals surface area contributed by atoms with Crippen molar-refractivity contribution in [3.8, 4) is 0 Å². The molecule has 19 heavy (non-hydrogen) atoms. The minimum Gasteiger partial charge on any atom is -0.465 e. The van der Waals surface area contributed by atoms with Crippen molar-refractivity contribution in [3.05, 3.63) is 41.0 Å². The first-order valence-electron chi connectivity index (χ1n) is 5.27. The first kappa shape index (κ1) is 14.7. The molecule has 0 unspecified atom stereocenters. The highest BCUT2D eigenvalue weighted by atomic mass is 19.1. The van der Waals surface area contributed by atoms with E-state index in [9.17, 15) is 13.6 Å². The Labute approximate surface area is 109 Å². The summed E-state index contributed by atoms with van der Waals surface area (Å²) in [6, 6.07) is 2.01. The Bertz CT molecular complexity index is 543.